The predicted molar refractivity (Wildman–Crippen MR) is 99.6 cm³/mol. The summed E-state index contributed by atoms with van der Waals surface area (Å²) in [5, 5.41) is 0. The first kappa shape index (κ1) is 15.5. The molecule has 0 unspecified atom stereocenters. The molecular weight excluding hydrogens is 328 g/mol. The van der Waals surface area contributed by atoms with Crippen LogP contribution >= 0.6 is 0 Å². The number of aromatic amines is 1. The van der Waals surface area contributed by atoms with E-state index >= 15 is 0 Å². The molecular formula is C18H22N8. The number of H-pyrrole nitrogens is 1. The van der Waals surface area contributed by atoms with Crippen LogP contribution in [0, 0.1) is 13.8 Å². The maximum Gasteiger partial charge on any atom is 0.182 e. The van der Waals surface area contributed by atoms with Crippen molar-refractivity contribution >= 4 is 22.8 Å². The van der Waals surface area contributed by atoms with E-state index in [0.717, 1.165) is 54.8 Å². The lowest BCUT2D eigenvalue weighted by atomic mass is 10.2. The zero-order chi connectivity index (χ0) is 17.7. The van der Waals surface area contributed by atoms with Gasteiger partial charge in [-0.3, -0.25) is 0 Å². The Morgan fingerprint density at radius 1 is 0.923 bits per heavy atom. The summed E-state index contributed by atoms with van der Waals surface area (Å²) >= 11 is 0. The molecule has 8 heteroatoms. The van der Waals surface area contributed by atoms with Gasteiger partial charge < -0.3 is 14.8 Å². The van der Waals surface area contributed by atoms with Gasteiger partial charge in [-0.1, -0.05) is 0 Å². The van der Waals surface area contributed by atoms with E-state index in [2.05, 4.69) is 43.6 Å². The van der Waals surface area contributed by atoms with Gasteiger partial charge in [0, 0.05) is 43.4 Å². The second-order valence-corrected chi connectivity index (χ2v) is 7.16. The summed E-state index contributed by atoms with van der Waals surface area (Å²) in [6.45, 7) is 7.85. The maximum atomic E-state index is 4.91. The highest BCUT2D eigenvalue weighted by atomic mass is 15.3. The number of hydrogen-bond donors (Lipinski definition) is 1. The van der Waals surface area contributed by atoms with Crippen LogP contribution in [0.15, 0.2) is 12.7 Å². The summed E-state index contributed by atoms with van der Waals surface area (Å²) in [5.41, 5.74) is 3.93. The number of anilines is 2. The largest absolute Gasteiger partial charge is 0.353 e. The molecule has 1 aliphatic heterocycles. The Bertz CT molecular complexity index is 953. The summed E-state index contributed by atoms with van der Waals surface area (Å²) in [4.78, 5) is 30.4. The number of aromatic nitrogens is 6. The van der Waals surface area contributed by atoms with Gasteiger partial charge in [0.1, 0.15) is 23.5 Å². The highest BCUT2D eigenvalue weighted by molar-refractivity contribution is 5.82. The molecule has 1 N–H and O–H groups in total. The first-order chi connectivity index (χ1) is 12.7. The zero-order valence-corrected chi connectivity index (χ0v) is 15.1. The second kappa shape index (κ2) is 5.89. The number of aryl methyl sites for hydroxylation is 1. The Kier molecular flexibility index (Phi) is 3.51. The van der Waals surface area contributed by atoms with Gasteiger partial charge in [0.25, 0.3) is 0 Å². The molecule has 1 saturated carbocycles. The molecule has 3 aromatic rings. The van der Waals surface area contributed by atoms with Crippen molar-refractivity contribution in [3.63, 3.8) is 0 Å². The van der Waals surface area contributed by atoms with Crippen molar-refractivity contribution in [2.24, 2.45) is 0 Å². The number of imidazole rings is 1. The minimum Gasteiger partial charge on any atom is -0.353 e. The first-order valence-electron chi connectivity index (χ1n) is 9.20. The third-order valence-corrected chi connectivity index (χ3v) is 5.41. The van der Waals surface area contributed by atoms with Crippen molar-refractivity contribution in [3.05, 3.63) is 29.7 Å². The molecule has 2 fully saturated rings. The molecule has 8 nitrogen and oxygen atoms in total. The van der Waals surface area contributed by atoms with Gasteiger partial charge in [-0.15, -0.1) is 0 Å². The van der Waals surface area contributed by atoms with Gasteiger partial charge in [0.05, 0.1) is 6.33 Å². The van der Waals surface area contributed by atoms with E-state index in [0.29, 0.717) is 11.6 Å². The van der Waals surface area contributed by atoms with Crippen LogP contribution in [0.4, 0.5) is 11.6 Å². The first-order valence-corrected chi connectivity index (χ1v) is 9.20. The second-order valence-electron chi connectivity index (χ2n) is 7.16. The number of fused-ring (bicyclic) bond motifs is 1. The molecule has 2 aliphatic rings. The normalized spacial score (nSPS) is 17.9. The predicted octanol–water partition coefficient (Wildman–Crippen LogP) is 1.96. The van der Waals surface area contributed by atoms with Gasteiger partial charge >= 0.3 is 0 Å². The average Bonchev–Trinajstić information content (AvgIpc) is 3.40. The SMILES string of the molecule is Cc1nc(C2CC2)nc(N2CCN(c3ncnc4nc[nH]c34)CC2)c1C. The quantitative estimate of drug-likeness (QED) is 0.772. The minimum atomic E-state index is 0.573. The van der Waals surface area contributed by atoms with Gasteiger partial charge in [-0.25, -0.2) is 24.9 Å². The van der Waals surface area contributed by atoms with Crippen molar-refractivity contribution < 1.29 is 0 Å². The zero-order valence-electron chi connectivity index (χ0n) is 15.1. The molecule has 3 aromatic heterocycles. The number of piperazine rings is 1. The van der Waals surface area contributed by atoms with Crippen molar-refractivity contribution in [3.8, 4) is 0 Å². The van der Waals surface area contributed by atoms with E-state index in [1.165, 1.54) is 18.4 Å². The molecule has 0 aromatic carbocycles. The Labute approximate surface area is 151 Å². The summed E-state index contributed by atoms with van der Waals surface area (Å²) in [6.07, 6.45) is 5.71. The standard InChI is InChI=1S/C18H22N8/c1-11-12(2)23-15(13-3-4-13)24-17(11)25-5-7-26(8-6-25)18-14-16(20-9-19-14)21-10-22-18/h9-10,13H,3-8H2,1-2H3,(H,19,20,21,22). The van der Waals surface area contributed by atoms with Crippen LogP contribution in [0.25, 0.3) is 11.2 Å². The summed E-state index contributed by atoms with van der Waals surface area (Å²) in [5.74, 6) is 3.64. The highest BCUT2D eigenvalue weighted by Gasteiger charge is 2.29. The van der Waals surface area contributed by atoms with Crippen LogP contribution in [0.5, 0.6) is 0 Å². The van der Waals surface area contributed by atoms with Crippen LogP contribution in [0.3, 0.4) is 0 Å². The topological polar surface area (TPSA) is 86.7 Å². The van der Waals surface area contributed by atoms with Crippen molar-refractivity contribution in [1.29, 1.82) is 0 Å². The summed E-state index contributed by atoms with van der Waals surface area (Å²) in [6, 6.07) is 0. The van der Waals surface area contributed by atoms with E-state index in [1.807, 2.05) is 0 Å². The third-order valence-electron chi connectivity index (χ3n) is 5.41. The molecule has 4 heterocycles. The number of nitrogens with zero attached hydrogens (tertiary/aromatic N) is 7. The molecule has 0 bridgehead atoms. The van der Waals surface area contributed by atoms with Crippen molar-refractivity contribution in [2.45, 2.75) is 32.6 Å². The van der Waals surface area contributed by atoms with E-state index in [4.69, 9.17) is 9.97 Å². The van der Waals surface area contributed by atoms with E-state index in [-0.39, 0.29) is 0 Å². The molecule has 1 saturated heterocycles. The fraction of sp³-hybridized carbons (Fsp3) is 0.500. The molecule has 26 heavy (non-hydrogen) atoms. The van der Waals surface area contributed by atoms with Gasteiger partial charge in [-0.2, -0.15) is 0 Å². The lowest BCUT2D eigenvalue weighted by molar-refractivity contribution is 0.637. The van der Waals surface area contributed by atoms with Gasteiger partial charge in [0.15, 0.2) is 11.5 Å². The molecule has 0 spiro atoms. The van der Waals surface area contributed by atoms with E-state index in [1.54, 1.807) is 12.7 Å². The lowest BCUT2D eigenvalue weighted by Crippen LogP contribution is -2.47. The van der Waals surface area contributed by atoms with Crippen LogP contribution in [-0.4, -0.2) is 56.1 Å². The van der Waals surface area contributed by atoms with Crippen LogP contribution in [0.1, 0.15) is 35.8 Å². The smallest absolute Gasteiger partial charge is 0.182 e. The van der Waals surface area contributed by atoms with Crippen LogP contribution in [-0.2, 0) is 0 Å². The Morgan fingerprint density at radius 2 is 1.65 bits per heavy atom. The Morgan fingerprint density at radius 3 is 2.38 bits per heavy atom. The van der Waals surface area contributed by atoms with E-state index in [9.17, 15) is 0 Å². The van der Waals surface area contributed by atoms with Crippen molar-refractivity contribution in [1.82, 2.24) is 29.9 Å². The lowest BCUT2D eigenvalue weighted by Gasteiger charge is -2.36. The number of hydrogen-bond acceptors (Lipinski definition) is 7. The third kappa shape index (κ3) is 2.56. The highest BCUT2D eigenvalue weighted by Crippen LogP contribution is 2.39. The monoisotopic (exact) mass is 350 g/mol. The fourth-order valence-corrected chi connectivity index (χ4v) is 3.59. The van der Waals surface area contributed by atoms with Crippen molar-refractivity contribution in [2.75, 3.05) is 36.0 Å². The molecule has 1 aliphatic carbocycles. The molecule has 5 rings (SSSR count). The maximum absolute atomic E-state index is 4.91. The Hall–Kier alpha value is -2.77. The molecule has 134 valence electrons. The fourth-order valence-electron chi connectivity index (χ4n) is 3.59. The number of rotatable bonds is 3. The van der Waals surface area contributed by atoms with Gasteiger partial charge in [-0.05, 0) is 26.7 Å². The van der Waals surface area contributed by atoms with Crippen LogP contribution in [0.2, 0.25) is 0 Å². The number of nitrogens with one attached hydrogen (secondary N) is 1. The molecule has 0 atom stereocenters. The molecule has 0 radical (unpaired) electrons. The van der Waals surface area contributed by atoms with E-state index < -0.39 is 0 Å². The molecule has 0 amide bonds. The minimum absolute atomic E-state index is 0.573. The average molecular weight is 350 g/mol. The summed E-state index contributed by atoms with van der Waals surface area (Å²) < 4.78 is 0. The van der Waals surface area contributed by atoms with Crippen LogP contribution < -0.4 is 9.80 Å². The van der Waals surface area contributed by atoms with Gasteiger partial charge in [0.2, 0.25) is 0 Å². The Balaban J connectivity index is 1.38. The summed E-state index contributed by atoms with van der Waals surface area (Å²) in [7, 11) is 0.